The molecule has 2 rings (SSSR count). The van der Waals surface area contributed by atoms with Crippen LogP contribution >= 0.6 is 21.6 Å². The Bertz CT molecular complexity index is 905. The van der Waals surface area contributed by atoms with E-state index >= 15 is 0 Å². The highest BCUT2D eigenvalue weighted by atomic mass is 33.1. The Kier molecular flexibility index (Phi) is 11.8. The summed E-state index contributed by atoms with van der Waals surface area (Å²) in [5.74, 6) is -2.54. The molecule has 0 aromatic rings. The second-order valence-corrected chi connectivity index (χ2v) is 11.9. The Labute approximate surface area is 220 Å². The number of carbonyl (C=O) groups is 5. The molecule has 4 amide bonds. The zero-order chi connectivity index (χ0) is 26.8. The molecule has 0 aliphatic carbocycles. The summed E-state index contributed by atoms with van der Waals surface area (Å²) in [4.78, 5) is 65.2. The summed E-state index contributed by atoms with van der Waals surface area (Å²) in [6.07, 6.45) is 4.51. The van der Waals surface area contributed by atoms with Gasteiger partial charge in [0.25, 0.3) is 5.91 Å². The molecule has 1 saturated heterocycles. The van der Waals surface area contributed by atoms with Crippen molar-refractivity contribution in [3.05, 3.63) is 23.9 Å². The maximum Gasteiger partial charge on any atom is 0.329 e. The van der Waals surface area contributed by atoms with Gasteiger partial charge in [-0.15, -0.1) is 0 Å². The van der Waals surface area contributed by atoms with E-state index < -0.39 is 53.8 Å². The van der Waals surface area contributed by atoms with E-state index in [1.54, 1.807) is 40.7 Å². The third-order valence-corrected chi connectivity index (χ3v) is 8.03. The van der Waals surface area contributed by atoms with Gasteiger partial charge < -0.3 is 26.0 Å². The number of esters is 1. The summed E-state index contributed by atoms with van der Waals surface area (Å²) in [5.41, 5.74) is -0.0445. The average Bonchev–Trinajstić information content (AvgIpc) is 2.81. The van der Waals surface area contributed by atoms with Gasteiger partial charge >= 0.3 is 5.97 Å². The Morgan fingerprint density at radius 1 is 0.944 bits per heavy atom. The van der Waals surface area contributed by atoms with Crippen LogP contribution in [0.5, 0.6) is 0 Å². The van der Waals surface area contributed by atoms with Gasteiger partial charge in [-0.2, -0.15) is 0 Å². The minimum atomic E-state index is -1.00. The van der Waals surface area contributed by atoms with Crippen molar-refractivity contribution in [2.24, 2.45) is 11.8 Å². The highest BCUT2D eigenvalue weighted by Crippen LogP contribution is 2.24. The van der Waals surface area contributed by atoms with Crippen LogP contribution < -0.4 is 21.3 Å². The van der Waals surface area contributed by atoms with Crippen LogP contribution in [0.15, 0.2) is 23.9 Å². The molecule has 1 fully saturated rings. The maximum absolute atomic E-state index is 13.2. The SMILES string of the molecule is CC=C1NC(=O)[C@H]2CSSCCC=C[C@H](CC(=O)N[C@H](C(C)C)C(=O)N2)OC(=O)[C@H](C(C)C)NC1=O. The molecule has 2 bridgehead atoms. The van der Waals surface area contributed by atoms with Crippen LogP contribution in [0, 0.1) is 11.8 Å². The highest BCUT2D eigenvalue weighted by molar-refractivity contribution is 8.76. The second kappa shape index (κ2) is 14.3. The standard InChI is InChI=1S/C24H36N4O6S2/c1-6-16-21(30)28-20(14(4)5)24(33)34-15-9-7-8-10-35-36-12-17(22(31)25-16)26-23(32)19(13(2)3)27-18(29)11-15/h6-7,9,13-15,17,19-20H,8,10-12H2,1-5H3,(H,25,31)(H,26,32)(H,27,29)(H,28,30)/t15-,17-,19-,20+/m1/s1. The van der Waals surface area contributed by atoms with Crippen molar-refractivity contribution in [3.63, 3.8) is 0 Å². The first kappa shape index (κ1) is 29.8. The number of amides is 4. The normalized spacial score (nSPS) is 28.8. The Morgan fingerprint density at radius 3 is 2.28 bits per heavy atom. The second-order valence-electron chi connectivity index (χ2n) is 9.24. The average molecular weight is 541 g/mol. The molecule has 2 aliphatic rings. The molecule has 0 unspecified atom stereocenters. The molecule has 2 aliphatic heterocycles. The number of hydrogen-bond acceptors (Lipinski definition) is 8. The van der Waals surface area contributed by atoms with Crippen molar-refractivity contribution in [1.29, 1.82) is 0 Å². The summed E-state index contributed by atoms with van der Waals surface area (Å²) in [6.45, 7) is 8.66. The highest BCUT2D eigenvalue weighted by Gasteiger charge is 2.33. The topological polar surface area (TPSA) is 143 Å². The zero-order valence-electron chi connectivity index (χ0n) is 21.3. The van der Waals surface area contributed by atoms with E-state index in [4.69, 9.17) is 4.74 Å². The lowest BCUT2D eigenvalue weighted by molar-refractivity contribution is -0.153. The number of nitrogens with one attached hydrogen (secondary N) is 4. The third-order valence-electron chi connectivity index (χ3n) is 5.59. The van der Waals surface area contributed by atoms with Gasteiger partial charge in [-0.05, 0) is 31.3 Å². The number of allylic oxidation sites excluding steroid dienone is 2. The monoisotopic (exact) mass is 540 g/mol. The summed E-state index contributed by atoms with van der Waals surface area (Å²) in [6, 6.07) is -2.86. The first-order valence-electron chi connectivity index (χ1n) is 12.0. The number of carbonyl (C=O) groups excluding carboxylic acids is 5. The minimum Gasteiger partial charge on any atom is -0.456 e. The molecule has 0 radical (unpaired) electrons. The van der Waals surface area contributed by atoms with E-state index in [0.29, 0.717) is 12.2 Å². The van der Waals surface area contributed by atoms with E-state index in [1.165, 1.54) is 27.7 Å². The smallest absolute Gasteiger partial charge is 0.329 e. The van der Waals surface area contributed by atoms with Crippen molar-refractivity contribution < 1.29 is 28.7 Å². The van der Waals surface area contributed by atoms with Gasteiger partial charge in [0.2, 0.25) is 17.7 Å². The molecule has 2 heterocycles. The van der Waals surface area contributed by atoms with Gasteiger partial charge in [0.15, 0.2) is 0 Å². The molecule has 4 N–H and O–H groups in total. The van der Waals surface area contributed by atoms with Gasteiger partial charge in [-0.1, -0.05) is 61.4 Å². The fourth-order valence-corrected chi connectivity index (χ4v) is 5.66. The zero-order valence-corrected chi connectivity index (χ0v) is 22.9. The molecule has 0 aromatic heterocycles. The lowest BCUT2D eigenvalue weighted by Gasteiger charge is -2.27. The fraction of sp³-hybridized carbons (Fsp3) is 0.625. The van der Waals surface area contributed by atoms with E-state index in [0.717, 1.165) is 0 Å². The number of rotatable bonds is 2. The van der Waals surface area contributed by atoms with Crippen molar-refractivity contribution >= 4 is 51.2 Å². The summed E-state index contributed by atoms with van der Waals surface area (Å²) in [7, 11) is 2.95. The molecular formula is C24H36N4O6S2. The van der Waals surface area contributed by atoms with Crippen molar-refractivity contribution in [3.8, 4) is 0 Å². The van der Waals surface area contributed by atoms with Crippen LogP contribution in [-0.2, 0) is 28.7 Å². The Balaban J connectivity index is 2.55. The maximum atomic E-state index is 13.2. The largest absolute Gasteiger partial charge is 0.456 e. The predicted molar refractivity (Wildman–Crippen MR) is 141 cm³/mol. The molecule has 36 heavy (non-hydrogen) atoms. The fourth-order valence-electron chi connectivity index (χ4n) is 3.50. The molecular weight excluding hydrogens is 504 g/mol. The van der Waals surface area contributed by atoms with Gasteiger partial charge in [-0.3, -0.25) is 19.2 Å². The summed E-state index contributed by atoms with van der Waals surface area (Å²) in [5, 5.41) is 10.7. The van der Waals surface area contributed by atoms with E-state index in [1.807, 2.05) is 6.08 Å². The molecule has 0 aromatic carbocycles. The first-order valence-corrected chi connectivity index (χ1v) is 14.5. The van der Waals surface area contributed by atoms with E-state index in [2.05, 4.69) is 21.3 Å². The van der Waals surface area contributed by atoms with E-state index in [-0.39, 0.29) is 29.7 Å². The molecule has 10 nitrogen and oxygen atoms in total. The summed E-state index contributed by atoms with van der Waals surface area (Å²) < 4.78 is 5.65. The third kappa shape index (κ3) is 8.88. The quantitative estimate of drug-likeness (QED) is 0.178. The molecule has 0 spiro atoms. The van der Waals surface area contributed by atoms with Crippen molar-refractivity contribution in [2.75, 3.05) is 11.5 Å². The molecule has 4 atom stereocenters. The predicted octanol–water partition coefficient (Wildman–Crippen LogP) is 1.43. The summed E-state index contributed by atoms with van der Waals surface area (Å²) >= 11 is 0. The van der Waals surface area contributed by atoms with Crippen LogP contribution in [0.25, 0.3) is 0 Å². The Hall–Kier alpha value is -2.47. The van der Waals surface area contributed by atoms with E-state index in [9.17, 15) is 24.0 Å². The number of fused-ring (bicyclic) bond motifs is 7. The van der Waals surface area contributed by atoms with Gasteiger partial charge in [0.1, 0.15) is 29.9 Å². The lowest BCUT2D eigenvalue weighted by atomic mass is 10.0. The number of hydrogen-bond donors (Lipinski definition) is 4. The van der Waals surface area contributed by atoms with Crippen molar-refractivity contribution in [1.82, 2.24) is 21.3 Å². The molecule has 200 valence electrons. The number of ether oxygens (including phenoxy) is 1. The van der Waals surface area contributed by atoms with Crippen LogP contribution in [0.3, 0.4) is 0 Å². The van der Waals surface area contributed by atoms with Crippen LogP contribution in [-0.4, -0.2) is 65.3 Å². The molecule has 0 saturated carbocycles. The Morgan fingerprint density at radius 2 is 1.64 bits per heavy atom. The van der Waals surface area contributed by atoms with Gasteiger partial charge in [0, 0.05) is 11.5 Å². The molecule has 12 heteroatoms. The lowest BCUT2D eigenvalue weighted by Crippen LogP contribution is -2.57. The van der Waals surface area contributed by atoms with Crippen molar-refractivity contribution in [2.45, 2.75) is 71.7 Å². The van der Waals surface area contributed by atoms with Gasteiger partial charge in [0.05, 0.1) is 6.42 Å². The minimum absolute atomic E-state index is 0.0445. The van der Waals surface area contributed by atoms with Gasteiger partial charge in [-0.25, -0.2) is 4.79 Å². The van der Waals surface area contributed by atoms with Crippen LogP contribution in [0.2, 0.25) is 0 Å². The van der Waals surface area contributed by atoms with Crippen LogP contribution in [0.1, 0.15) is 47.5 Å². The first-order chi connectivity index (χ1) is 17.0. The van der Waals surface area contributed by atoms with Crippen LogP contribution in [0.4, 0.5) is 0 Å².